The fraction of sp³-hybridized carbons (Fsp3) is 0.158. The highest BCUT2D eigenvalue weighted by atomic mass is 32.2. The van der Waals surface area contributed by atoms with E-state index >= 15 is 0 Å². The second-order valence-electron chi connectivity index (χ2n) is 5.44. The molecule has 0 spiro atoms. The lowest BCUT2D eigenvalue weighted by Gasteiger charge is -2.11. The molecule has 5 heteroatoms. The van der Waals surface area contributed by atoms with Crippen molar-refractivity contribution in [3.05, 3.63) is 70.4 Å². The SMILES string of the molecule is CCN1C(=O)/C(=C\c2cccc(C)c2)SC1=Nc1ccc(F)cc1. The third-order valence-electron chi connectivity index (χ3n) is 3.60. The van der Waals surface area contributed by atoms with Gasteiger partial charge in [-0.3, -0.25) is 9.69 Å². The third-order valence-corrected chi connectivity index (χ3v) is 4.60. The first kappa shape index (κ1) is 16.5. The molecule has 0 atom stereocenters. The first-order valence-electron chi connectivity index (χ1n) is 7.69. The van der Waals surface area contributed by atoms with Crippen molar-refractivity contribution < 1.29 is 9.18 Å². The number of thioether (sulfide) groups is 1. The van der Waals surface area contributed by atoms with Crippen LogP contribution in [-0.4, -0.2) is 22.5 Å². The fourth-order valence-electron chi connectivity index (χ4n) is 2.41. The Balaban J connectivity index is 1.92. The Hall–Kier alpha value is -2.40. The highest BCUT2D eigenvalue weighted by molar-refractivity contribution is 8.18. The molecular formula is C19H17FN2OS. The van der Waals surface area contributed by atoms with Gasteiger partial charge in [0.15, 0.2) is 5.17 Å². The largest absolute Gasteiger partial charge is 0.287 e. The van der Waals surface area contributed by atoms with Crippen LogP contribution in [0, 0.1) is 12.7 Å². The number of carbonyl (C=O) groups is 1. The summed E-state index contributed by atoms with van der Waals surface area (Å²) in [6, 6.07) is 13.9. The molecule has 0 saturated carbocycles. The highest BCUT2D eigenvalue weighted by Crippen LogP contribution is 2.34. The van der Waals surface area contributed by atoms with Gasteiger partial charge < -0.3 is 0 Å². The van der Waals surface area contributed by atoms with E-state index in [9.17, 15) is 9.18 Å². The van der Waals surface area contributed by atoms with Gasteiger partial charge in [-0.05, 0) is 61.5 Å². The molecule has 0 bridgehead atoms. The molecule has 122 valence electrons. The summed E-state index contributed by atoms with van der Waals surface area (Å²) in [4.78, 5) is 19.3. The number of aryl methyl sites for hydroxylation is 1. The van der Waals surface area contributed by atoms with Crippen molar-refractivity contribution >= 4 is 34.6 Å². The van der Waals surface area contributed by atoms with Crippen LogP contribution in [-0.2, 0) is 4.79 Å². The lowest BCUT2D eigenvalue weighted by atomic mass is 10.1. The van der Waals surface area contributed by atoms with Crippen molar-refractivity contribution in [2.45, 2.75) is 13.8 Å². The second kappa shape index (κ2) is 7.01. The van der Waals surface area contributed by atoms with Crippen LogP contribution >= 0.6 is 11.8 Å². The van der Waals surface area contributed by atoms with Crippen LogP contribution in [0.15, 0.2) is 58.4 Å². The average Bonchev–Trinajstić information content (AvgIpc) is 2.84. The van der Waals surface area contributed by atoms with Crippen molar-refractivity contribution in [3.8, 4) is 0 Å². The summed E-state index contributed by atoms with van der Waals surface area (Å²) >= 11 is 1.34. The number of hydrogen-bond acceptors (Lipinski definition) is 3. The molecular weight excluding hydrogens is 323 g/mol. The number of benzene rings is 2. The molecule has 1 amide bonds. The number of aliphatic imine (C=N–C) groups is 1. The van der Waals surface area contributed by atoms with Crippen LogP contribution < -0.4 is 0 Å². The van der Waals surface area contributed by atoms with Crippen LogP contribution in [0.25, 0.3) is 6.08 Å². The first-order chi connectivity index (χ1) is 11.6. The predicted molar refractivity (Wildman–Crippen MR) is 97.6 cm³/mol. The summed E-state index contributed by atoms with van der Waals surface area (Å²) in [6.45, 7) is 4.47. The lowest BCUT2D eigenvalue weighted by Crippen LogP contribution is -2.28. The Labute approximate surface area is 144 Å². The molecule has 0 radical (unpaired) electrons. The quantitative estimate of drug-likeness (QED) is 0.755. The standard InChI is InChI=1S/C19H17FN2OS/c1-3-22-18(23)17(12-14-6-4-5-13(2)11-14)24-19(22)21-16-9-7-15(20)8-10-16/h4-12H,3H2,1-2H3/b17-12+,21-19?. The van der Waals surface area contributed by atoms with E-state index in [1.165, 1.54) is 23.9 Å². The maximum absolute atomic E-state index is 13.0. The Morgan fingerprint density at radius 3 is 2.62 bits per heavy atom. The van der Waals surface area contributed by atoms with Crippen LogP contribution in [0.5, 0.6) is 0 Å². The number of amidine groups is 1. The number of carbonyl (C=O) groups excluding carboxylic acids is 1. The van der Waals surface area contributed by atoms with E-state index in [2.05, 4.69) is 4.99 Å². The molecule has 0 N–H and O–H groups in total. The van der Waals surface area contributed by atoms with E-state index in [0.717, 1.165) is 11.1 Å². The zero-order valence-corrected chi connectivity index (χ0v) is 14.3. The van der Waals surface area contributed by atoms with Gasteiger partial charge in [-0.25, -0.2) is 9.38 Å². The molecule has 1 saturated heterocycles. The molecule has 3 rings (SSSR count). The van der Waals surface area contributed by atoms with E-state index in [1.807, 2.05) is 44.2 Å². The smallest absolute Gasteiger partial charge is 0.266 e. The van der Waals surface area contributed by atoms with Crippen molar-refractivity contribution in [1.82, 2.24) is 4.90 Å². The Bertz CT molecular complexity index is 828. The van der Waals surface area contributed by atoms with Gasteiger partial charge in [-0.1, -0.05) is 29.8 Å². The zero-order valence-electron chi connectivity index (χ0n) is 13.5. The summed E-state index contributed by atoms with van der Waals surface area (Å²) in [7, 11) is 0. The summed E-state index contributed by atoms with van der Waals surface area (Å²) in [5.74, 6) is -0.355. The van der Waals surface area contributed by atoms with Gasteiger partial charge in [0.25, 0.3) is 5.91 Å². The molecule has 0 aliphatic carbocycles. The maximum atomic E-state index is 13.0. The highest BCUT2D eigenvalue weighted by Gasteiger charge is 2.32. The minimum absolute atomic E-state index is 0.0510. The molecule has 1 fully saturated rings. The monoisotopic (exact) mass is 340 g/mol. The van der Waals surface area contributed by atoms with Gasteiger partial charge in [-0.2, -0.15) is 0 Å². The zero-order chi connectivity index (χ0) is 17.1. The topological polar surface area (TPSA) is 32.7 Å². The number of likely N-dealkylation sites (N-methyl/N-ethyl adjacent to an activating group) is 1. The van der Waals surface area contributed by atoms with Gasteiger partial charge in [0.2, 0.25) is 0 Å². The van der Waals surface area contributed by atoms with Crippen molar-refractivity contribution in [2.75, 3.05) is 6.54 Å². The van der Waals surface area contributed by atoms with Gasteiger partial charge in [-0.15, -0.1) is 0 Å². The maximum Gasteiger partial charge on any atom is 0.266 e. The van der Waals surface area contributed by atoms with Crippen LogP contribution in [0.3, 0.4) is 0 Å². The minimum Gasteiger partial charge on any atom is -0.287 e. The molecule has 1 aliphatic heterocycles. The number of halogens is 1. The van der Waals surface area contributed by atoms with Crippen molar-refractivity contribution in [3.63, 3.8) is 0 Å². The number of nitrogens with zero attached hydrogens (tertiary/aromatic N) is 2. The van der Waals surface area contributed by atoms with Gasteiger partial charge in [0.1, 0.15) is 5.82 Å². The van der Waals surface area contributed by atoms with E-state index in [0.29, 0.717) is 22.3 Å². The van der Waals surface area contributed by atoms with Gasteiger partial charge in [0, 0.05) is 6.54 Å². The Morgan fingerprint density at radius 2 is 1.96 bits per heavy atom. The molecule has 0 unspecified atom stereocenters. The summed E-state index contributed by atoms with van der Waals surface area (Å²) in [6.07, 6.45) is 1.88. The molecule has 0 aromatic heterocycles. The van der Waals surface area contributed by atoms with E-state index in [1.54, 1.807) is 17.0 Å². The summed E-state index contributed by atoms with van der Waals surface area (Å²) < 4.78 is 13.0. The van der Waals surface area contributed by atoms with E-state index < -0.39 is 0 Å². The number of hydrogen-bond donors (Lipinski definition) is 0. The van der Waals surface area contributed by atoms with Gasteiger partial charge >= 0.3 is 0 Å². The molecule has 1 aliphatic rings. The Kier molecular flexibility index (Phi) is 4.81. The number of amides is 1. The molecule has 2 aromatic carbocycles. The molecule has 1 heterocycles. The van der Waals surface area contributed by atoms with E-state index in [4.69, 9.17) is 0 Å². The first-order valence-corrected chi connectivity index (χ1v) is 8.51. The minimum atomic E-state index is -0.304. The van der Waals surface area contributed by atoms with Crippen LogP contribution in [0.2, 0.25) is 0 Å². The van der Waals surface area contributed by atoms with Crippen molar-refractivity contribution in [1.29, 1.82) is 0 Å². The summed E-state index contributed by atoms with van der Waals surface area (Å²) in [5.41, 5.74) is 2.76. The Morgan fingerprint density at radius 1 is 1.21 bits per heavy atom. The van der Waals surface area contributed by atoms with Crippen LogP contribution in [0.1, 0.15) is 18.1 Å². The van der Waals surface area contributed by atoms with Crippen molar-refractivity contribution in [2.24, 2.45) is 4.99 Å². The van der Waals surface area contributed by atoms with E-state index in [-0.39, 0.29) is 11.7 Å². The van der Waals surface area contributed by atoms with Crippen LogP contribution in [0.4, 0.5) is 10.1 Å². The fourth-order valence-corrected chi connectivity index (χ4v) is 3.47. The normalized spacial score (nSPS) is 18.0. The number of rotatable bonds is 3. The molecule has 24 heavy (non-hydrogen) atoms. The van der Waals surface area contributed by atoms with Gasteiger partial charge in [0.05, 0.1) is 10.6 Å². The third kappa shape index (κ3) is 3.57. The summed E-state index contributed by atoms with van der Waals surface area (Å²) in [5, 5.41) is 0.619. The lowest BCUT2D eigenvalue weighted by molar-refractivity contribution is -0.122. The second-order valence-corrected chi connectivity index (χ2v) is 6.45. The molecule has 2 aromatic rings. The molecule has 3 nitrogen and oxygen atoms in total. The average molecular weight is 340 g/mol. The predicted octanol–water partition coefficient (Wildman–Crippen LogP) is 4.76.